The fourth-order valence-electron chi connectivity index (χ4n) is 4.18. The normalized spacial score (nSPS) is 37.4. The van der Waals surface area contributed by atoms with Crippen LogP contribution in [0.5, 0.6) is 0 Å². The fraction of sp³-hybridized carbons (Fsp3) is 0.765. The average molecular weight is 291 g/mol. The van der Waals surface area contributed by atoms with Crippen molar-refractivity contribution in [2.45, 2.75) is 57.7 Å². The standard InChI is InChI=1S/C17H25NO3/c1-3-5-6-7-8-11-14-12(10-13-15(11)21-13)16(19)18(9-4-2)17(14)20/h4,11-15H,2-3,5-10H2,1H3. The number of fused-ring (bicyclic) bond motifs is 2. The molecule has 1 aliphatic carbocycles. The van der Waals surface area contributed by atoms with Gasteiger partial charge < -0.3 is 4.74 Å². The number of rotatable bonds is 7. The van der Waals surface area contributed by atoms with Gasteiger partial charge >= 0.3 is 0 Å². The van der Waals surface area contributed by atoms with E-state index in [1.807, 2.05) is 0 Å². The number of imide groups is 1. The lowest BCUT2D eigenvalue weighted by atomic mass is 9.71. The first-order valence-electron chi connectivity index (χ1n) is 8.30. The first-order valence-corrected chi connectivity index (χ1v) is 8.30. The van der Waals surface area contributed by atoms with Gasteiger partial charge in [-0.25, -0.2) is 0 Å². The van der Waals surface area contributed by atoms with Gasteiger partial charge in [-0.05, 0) is 12.8 Å². The van der Waals surface area contributed by atoms with Crippen molar-refractivity contribution < 1.29 is 14.3 Å². The molecule has 3 rings (SSSR count). The average Bonchev–Trinajstić information content (AvgIpc) is 3.22. The zero-order valence-electron chi connectivity index (χ0n) is 12.8. The second-order valence-electron chi connectivity index (χ2n) is 6.60. The summed E-state index contributed by atoms with van der Waals surface area (Å²) in [6.07, 6.45) is 8.64. The predicted octanol–water partition coefficient (Wildman–Crippen LogP) is 2.53. The van der Waals surface area contributed by atoms with E-state index in [2.05, 4.69) is 13.5 Å². The Hall–Kier alpha value is -1.16. The minimum atomic E-state index is -0.141. The Balaban J connectivity index is 1.70. The van der Waals surface area contributed by atoms with Gasteiger partial charge in [-0.15, -0.1) is 6.58 Å². The van der Waals surface area contributed by atoms with Gasteiger partial charge in [-0.3, -0.25) is 14.5 Å². The minimum Gasteiger partial charge on any atom is -0.369 e. The van der Waals surface area contributed by atoms with Crippen LogP contribution in [0.25, 0.3) is 0 Å². The van der Waals surface area contributed by atoms with Crippen molar-refractivity contribution in [3.8, 4) is 0 Å². The van der Waals surface area contributed by atoms with E-state index in [9.17, 15) is 9.59 Å². The fourth-order valence-corrected chi connectivity index (χ4v) is 4.18. The van der Waals surface area contributed by atoms with Gasteiger partial charge in [0.05, 0.1) is 24.0 Å². The van der Waals surface area contributed by atoms with Crippen LogP contribution in [-0.4, -0.2) is 35.5 Å². The van der Waals surface area contributed by atoms with E-state index in [4.69, 9.17) is 4.74 Å². The van der Waals surface area contributed by atoms with Crippen LogP contribution in [0.3, 0.4) is 0 Å². The predicted molar refractivity (Wildman–Crippen MR) is 79.4 cm³/mol. The summed E-state index contributed by atoms with van der Waals surface area (Å²) >= 11 is 0. The Morgan fingerprint density at radius 1 is 1.29 bits per heavy atom. The molecule has 0 aromatic carbocycles. The third kappa shape index (κ3) is 2.54. The van der Waals surface area contributed by atoms with E-state index in [0.717, 1.165) is 19.3 Å². The quantitative estimate of drug-likeness (QED) is 0.313. The summed E-state index contributed by atoms with van der Waals surface area (Å²) < 4.78 is 5.73. The Morgan fingerprint density at radius 3 is 2.81 bits per heavy atom. The third-order valence-corrected chi connectivity index (χ3v) is 5.26. The smallest absolute Gasteiger partial charge is 0.233 e. The molecular formula is C17H25NO3. The largest absolute Gasteiger partial charge is 0.369 e. The van der Waals surface area contributed by atoms with Crippen molar-refractivity contribution in [2.24, 2.45) is 17.8 Å². The van der Waals surface area contributed by atoms with Crippen molar-refractivity contribution >= 4 is 11.8 Å². The molecule has 2 aliphatic heterocycles. The van der Waals surface area contributed by atoms with E-state index >= 15 is 0 Å². The molecule has 0 spiro atoms. The molecule has 21 heavy (non-hydrogen) atoms. The molecule has 0 bridgehead atoms. The molecule has 4 nitrogen and oxygen atoms in total. The summed E-state index contributed by atoms with van der Waals surface area (Å²) in [6, 6.07) is 0. The van der Waals surface area contributed by atoms with Crippen LogP contribution in [0.1, 0.15) is 45.4 Å². The number of amides is 2. The number of nitrogens with zero attached hydrogens (tertiary/aromatic N) is 1. The number of hydrogen-bond acceptors (Lipinski definition) is 3. The van der Waals surface area contributed by atoms with Gasteiger partial charge in [0.25, 0.3) is 0 Å². The molecule has 3 fully saturated rings. The first-order chi connectivity index (χ1) is 10.2. The molecule has 0 N–H and O–H groups in total. The summed E-state index contributed by atoms with van der Waals surface area (Å²) in [6.45, 7) is 6.20. The summed E-state index contributed by atoms with van der Waals surface area (Å²) in [4.78, 5) is 26.4. The van der Waals surface area contributed by atoms with Crippen LogP contribution in [0.4, 0.5) is 0 Å². The maximum Gasteiger partial charge on any atom is 0.233 e. The zero-order valence-corrected chi connectivity index (χ0v) is 12.8. The van der Waals surface area contributed by atoms with Gasteiger partial charge in [0.1, 0.15) is 0 Å². The van der Waals surface area contributed by atoms with Crippen LogP contribution >= 0.6 is 0 Å². The molecule has 0 aromatic heterocycles. The van der Waals surface area contributed by atoms with Crippen LogP contribution in [0.2, 0.25) is 0 Å². The Bertz CT molecular complexity index is 447. The third-order valence-electron chi connectivity index (χ3n) is 5.26. The molecule has 2 heterocycles. The Morgan fingerprint density at radius 2 is 2.10 bits per heavy atom. The van der Waals surface area contributed by atoms with Crippen molar-refractivity contribution in [3.63, 3.8) is 0 Å². The molecule has 0 radical (unpaired) electrons. The molecule has 116 valence electrons. The van der Waals surface area contributed by atoms with Crippen LogP contribution < -0.4 is 0 Å². The molecule has 5 unspecified atom stereocenters. The van der Waals surface area contributed by atoms with E-state index in [-0.39, 0.29) is 41.8 Å². The topological polar surface area (TPSA) is 49.9 Å². The van der Waals surface area contributed by atoms with Crippen molar-refractivity contribution in [3.05, 3.63) is 12.7 Å². The number of unbranched alkanes of at least 4 members (excludes halogenated alkanes) is 3. The van der Waals surface area contributed by atoms with Gasteiger partial charge in [-0.1, -0.05) is 38.7 Å². The van der Waals surface area contributed by atoms with Crippen molar-refractivity contribution in [1.29, 1.82) is 0 Å². The number of carbonyl (C=O) groups excluding carboxylic acids is 2. The Kier molecular flexibility index (Phi) is 4.16. The van der Waals surface area contributed by atoms with E-state index < -0.39 is 0 Å². The minimum absolute atomic E-state index is 0.00240. The SMILES string of the molecule is C=CCN1C(=O)C2CC3OC3C(CCCCCC)C2C1=O. The maximum absolute atomic E-state index is 12.6. The number of epoxide rings is 1. The first kappa shape index (κ1) is 14.8. The summed E-state index contributed by atoms with van der Waals surface area (Å²) in [5.74, 6) is -0.0196. The molecule has 3 aliphatic rings. The molecular weight excluding hydrogens is 266 g/mol. The van der Waals surface area contributed by atoms with E-state index in [1.54, 1.807) is 6.08 Å². The zero-order chi connectivity index (χ0) is 15.0. The molecule has 2 saturated heterocycles. The summed E-state index contributed by atoms with van der Waals surface area (Å²) in [5.41, 5.74) is 0. The maximum atomic E-state index is 12.6. The monoisotopic (exact) mass is 291 g/mol. The Labute approximate surface area is 126 Å². The van der Waals surface area contributed by atoms with E-state index in [1.165, 1.54) is 24.2 Å². The van der Waals surface area contributed by atoms with E-state index in [0.29, 0.717) is 6.54 Å². The van der Waals surface area contributed by atoms with Crippen LogP contribution in [0.15, 0.2) is 12.7 Å². The molecule has 2 amide bonds. The summed E-state index contributed by atoms with van der Waals surface area (Å²) in [5, 5.41) is 0. The van der Waals surface area contributed by atoms with Gasteiger partial charge in [0.2, 0.25) is 11.8 Å². The highest BCUT2D eigenvalue weighted by Crippen LogP contribution is 2.52. The highest BCUT2D eigenvalue weighted by Gasteiger charge is 2.62. The molecule has 4 heteroatoms. The highest BCUT2D eigenvalue weighted by molar-refractivity contribution is 6.05. The van der Waals surface area contributed by atoms with Crippen molar-refractivity contribution in [2.75, 3.05) is 6.54 Å². The molecule has 5 atom stereocenters. The highest BCUT2D eigenvalue weighted by atomic mass is 16.6. The molecule has 0 aromatic rings. The second kappa shape index (κ2) is 5.91. The number of ether oxygens (including phenoxy) is 1. The van der Waals surface area contributed by atoms with Gasteiger partial charge in [0, 0.05) is 12.5 Å². The molecule has 1 saturated carbocycles. The second-order valence-corrected chi connectivity index (χ2v) is 6.60. The lowest BCUT2D eigenvalue weighted by Crippen LogP contribution is -2.36. The summed E-state index contributed by atoms with van der Waals surface area (Å²) in [7, 11) is 0. The van der Waals surface area contributed by atoms with Crippen LogP contribution in [-0.2, 0) is 14.3 Å². The van der Waals surface area contributed by atoms with Crippen LogP contribution in [0, 0.1) is 17.8 Å². The lowest BCUT2D eigenvalue weighted by molar-refractivity contribution is -0.139. The number of hydrogen-bond donors (Lipinski definition) is 0. The number of carbonyl (C=O) groups is 2. The van der Waals surface area contributed by atoms with Gasteiger partial charge in [0.15, 0.2) is 0 Å². The van der Waals surface area contributed by atoms with Crippen molar-refractivity contribution in [1.82, 2.24) is 4.90 Å². The number of likely N-dealkylation sites (tertiary alicyclic amines) is 1. The van der Waals surface area contributed by atoms with Gasteiger partial charge in [-0.2, -0.15) is 0 Å². The lowest BCUT2D eigenvalue weighted by Gasteiger charge is -2.27.